The molecule has 0 saturated heterocycles. The number of carbonyl (C=O) groups is 1. The first kappa shape index (κ1) is 19.6. The molecule has 0 aliphatic rings. The van der Waals surface area contributed by atoms with Crippen LogP contribution in [0.2, 0.25) is 0 Å². The molecule has 0 aliphatic heterocycles. The number of nitrogens with zero attached hydrogens (tertiary/aromatic N) is 1. The van der Waals surface area contributed by atoms with Crippen LogP contribution < -0.4 is 5.32 Å². The number of hydrogen-bond acceptors (Lipinski definition) is 4. The van der Waals surface area contributed by atoms with Crippen LogP contribution in [0.15, 0.2) is 24.3 Å². The molecule has 2 rings (SSSR count). The molecule has 2 aromatic rings. The summed E-state index contributed by atoms with van der Waals surface area (Å²) in [6, 6.07) is 8.16. The standard InChI is InChI=1S/C20H28N2O2S/c1-5-6-7-18-22-15(4)19(25-18)20(23)21-12-16-8-10-17(11-9-16)13-24-14(2)3/h8-11,14H,5-7,12-13H2,1-4H3,(H,21,23). The Kier molecular flexibility index (Phi) is 7.59. The molecule has 0 saturated carbocycles. The summed E-state index contributed by atoms with van der Waals surface area (Å²) >= 11 is 1.51. The topological polar surface area (TPSA) is 51.2 Å². The third-order valence-electron chi connectivity index (χ3n) is 3.85. The van der Waals surface area contributed by atoms with Gasteiger partial charge in [-0.05, 0) is 44.7 Å². The number of aromatic nitrogens is 1. The van der Waals surface area contributed by atoms with Crippen LogP contribution in [0.1, 0.15) is 65.1 Å². The zero-order chi connectivity index (χ0) is 18.2. The van der Waals surface area contributed by atoms with E-state index in [9.17, 15) is 4.79 Å². The monoisotopic (exact) mass is 360 g/mol. The van der Waals surface area contributed by atoms with Crippen molar-refractivity contribution in [3.63, 3.8) is 0 Å². The van der Waals surface area contributed by atoms with Crippen molar-refractivity contribution in [3.05, 3.63) is 51.0 Å². The maximum Gasteiger partial charge on any atom is 0.263 e. The Morgan fingerprint density at radius 3 is 2.56 bits per heavy atom. The highest BCUT2D eigenvalue weighted by Gasteiger charge is 2.14. The molecule has 25 heavy (non-hydrogen) atoms. The Labute approximate surface area is 154 Å². The SMILES string of the molecule is CCCCc1nc(C)c(C(=O)NCc2ccc(COC(C)C)cc2)s1. The van der Waals surface area contributed by atoms with Gasteiger partial charge >= 0.3 is 0 Å². The van der Waals surface area contributed by atoms with Crippen LogP contribution in [-0.4, -0.2) is 17.0 Å². The highest BCUT2D eigenvalue weighted by atomic mass is 32.1. The number of ether oxygens (including phenoxy) is 1. The first-order valence-electron chi connectivity index (χ1n) is 8.93. The minimum Gasteiger partial charge on any atom is -0.374 e. The van der Waals surface area contributed by atoms with E-state index in [1.165, 1.54) is 11.3 Å². The Balaban J connectivity index is 1.88. The fraction of sp³-hybridized carbons (Fsp3) is 0.500. The minimum atomic E-state index is -0.0371. The van der Waals surface area contributed by atoms with E-state index in [1.54, 1.807) is 0 Å². The molecule has 136 valence electrons. The molecular formula is C20H28N2O2S. The van der Waals surface area contributed by atoms with Gasteiger partial charge in [0, 0.05) is 6.54 Å². The molecule has 0 aliphatic carbocycles. The molecule has 1 heterocycles. The molecule has 0 spiro atoms. The average Bonchev–Trinajstić information content (AvgIpc) is 2.97. The molecule has 0 radical (unpaired) electrons. The van der Waals surface area contributed by atoms with Crippen LogP contribution >= 0.6 is 11.3 Å². The summed E-state index contributed by atoms with van der Waals surface area (Å²) in [4.78, 5) is 17.7. The Bertz CT molecular complexity index is 678. The normalized spacial score (nSPS) is 11.1. The van der Waals surface area contributed by atoms with Crippen molar-refractivity contribution in [2.45, 2.75) is 66.2 Å². The molecule has 1 amide bonds. The number of aryl methyl sites for hydroxylation is 2. The number of carbonyl (C=O) groups excluding carboxylic acids is 1. The molecule has 1 aromatic carbocycles. The maximum absolute atomic E-state index is 12.4. The molecule has 0 fully saturated rings. The van der Waals surface area contributed by atoms with E-state index in [-0.39, 0.29) is 12.0 Å². The van der Waals surface area contributed by atoms with E-state index in [1.807, 2.05) is 45.0 Å². The summed E-state index contributed by atoms with van der Waals surface area (Å²) in [5.41, 5.74) is 3.05. The van der Waals surface area contributed by atoms with Crippen molar-refractivity contribution in [1.29, 1.82) is 0 Å². The summed E-state index contributed by atoms with van der Waals surface area (Å²) in [6.07, 6.45) is 3.43. The number of amides is 1. The van der Waals surface area contributed by atoms with Crippen LogP contribution in [0, 0.1) is 6.92 Å². The summed E-state index contributed by atoms with van der Waals surface area (Å²) in [5.74, 6) is -0.0371. The van der Waals surface area contributed by atoms with Crippen molar-refractivity contribution in [2.24, 2.45) is 0 Å². The molecular weight excluding hydrogens is 332 g/mol. The third kappa shape index (κ3) is 6.25. The molecule has 0 atom stereocenters. The van der Waals surface area contributed by atoms with E-state index in [4.69, 9.17) is 4.74 Å². The van der Waals surface area contributed by atoms with Crippen LogP contribution in [0.25, 0.3) is 0 Å². The smallest absolute Gasteiger partial charge is 0.263 e. The van der Waals surface area contributed by atoms with Crippen LogP contribution in [-0.2, 0) is 24.3 Å². The van der Waals surface area contributed by atoms with E-state index in [0.29, 0.717) is 13.2 Å². The highest BCUT2D eigenvalue weighted by molar-refractivity contribution is 7.13. The van der Waals surface area contributed by atoms with E-state index < -0.39 is 0 Å². The summed E-state index contributed by atoms with van der Waals surface area (Å²) in [5, 5.41) is 4.05. The van der Waals surface area contributed by atoms with Gasteiger partial charge in [-0.2, -0.15) is 0 Å². The molecule has 5 heteroatoms. The van der Waals surface area contributed by atoms with Gasteiger partial charge in [0.1, 0.15) is 4.88 Å². The van der Waals surface area contributed by atoms with Gasteiger partial charge in [0.2, 0.25) is 0 Å². The Hall–Kier alpha value is -1.72. The fourth-order valence-corrected chi connectivity index (χ4v) is 3.40. The zero-order valence-corrected chi connectivity index (χ0v) is 16.4. The lowest BCUT2D eigenvalue weighted by Gasteiger charge is -2.09. The van der Waals surface area contributed by atoms with Crippen molar-refractivity contribution < 1.29 is 9.53 Å². The summed E-state index contributed by atoms with van der Waals surface area (Å²) < 4.78 is 5.59. The van der Waals surface area contributed by atoms with Crippen molar-refractivity contribution in [3.8, 4) is 0 Å². The Morgan fingerprint density at radius 2 is 1.92 bits per heavy atom. The van der Waals surface area contributed by atoms with Crippen LogP contribution in [0.3, 0.4) is 0 Å². The van der Waals surface area contributed by atoms with Gasteiger partial charge in [-0.1, -0.05) is 37.6 Å². The van der Waals surface area contributed by atoms with Gasteiger partial charge in [0.05, 0.1) is 23.4 Å². The predicted molar refractivity (Wildman–Crippen MR) is 103 cm³/mol. The molecule has 1 N–H and O–H groups in total. The van der Waals surface area contributed by atoms with Gasteiger partial charge in [-0.15, -0.1) is 11.3 Å². The lowest BCUT2D eigenvalue weighted by molar-refractivity contribution is 0.0657. The van der Waals surface area contributed by atoms with Gasteiger partial charge < -0.3 is 10.1 Å². The van der Waals surface area contributed by atoms with E-state index in [0.717, 1.165) is 46.0 Å². The van der Waals surface area contributed by atoms with Crippen LogP contribution in [0.4, 0.5) is 0 Å². The highest BCUT2D eigenvalue weighted by Crippen LogP contribution is 2.20. The third-order valence-corrected chi connectivity index (χ3v) is 5.07. The molecule has 4 nitrogen and oxygen atoms in total. The maximum atomic E-state index is 12.4. The lowest BCUT2D eigenvalue weighted by atomic mass is 10.1. The van der Waals surface area contributed by atoms with Crippen LogP contribution in [0.5, 0.6) is 0 Å². The number of rotatable bonds is 9. The summed E-state index contributed by atoms with van der Waals surface area (Å²) in [7, 11) is 0. The van der Waals surface area contributed by atoms with E-state index in [2.05, 4.69) is 17.2 Å². The van der Waals surface area contributed by atoms with Crippen molar-refractivity contribution in [1.82, 2.24) is 10.3 Å². The molecule has 1 aromatic heterocycles. The first-order valence-corrected chi connectivity index (χ1v) is 9.75. The lowest BCUT2D eigenvalue weighted by Crippen LogP contribution is -2.22. The second-order valence-corrected chi connectivity index (χ2v) is 7.57. The van der Waals surface area contributed by atoms with Gasteiger partial charge in [-0.3, -0.25) is 4.79 Å². The van der Waals surface area contributed by atoms with Gasteiger partial charge in [0.15, 0.2) is 0 Å². The van der Waals surface area contributed by atoms with Gasteiger partial charge in [-0.25, -0.2) is 4.98 Å². The number of benzene rings is 1. The number of nitrogens with one attached hydrogen (secondary N) is 1. The second-order valence-electron chi connectivity index (χ2n) is 6.48. The number of hydrogen-bond donors (Lipinski definition) is 1. The van der Waals surface area contributed by atoms with Crippen molar-refractivity contribution in [2.75, 3.05) is 0 Å². The number of thiazole rings is 1. The number of unbranched alkanes of at least 4 members (excludes halogenated alkanes) is 1. The second kappa shape index (κ2) is 9.68. The molecule has 0 unspecified atom stereocenters. The van der Waals surface area contributed by atoms with E-state index >= 15 is 0 Å². The minimum absolute atomic E-state index is 0.0371. The first-order chi connectivity index (χ1) is 12.0. The quantitative estimate of drug-likeness (QED) is 0.708. The van der Waals surface area contributed by atoms with Crippen molar-refractivity contribution >= 4 is 17.2 Å². The van der Waals surface area contributed by atoms with Gasteiger partial charge in [0.25, 0.3) is 5.91 Å². The predicted octanol–water partition coefficient (Wildman–Crippen LogP) is 4.65. The Morgan fingerprint density at radius 1 is 1.24 bits per heavy atom. The molecule has 0 bridgehead atoms. The zero-order valence-electron chi connectivity index (χ0n) is 15.6. The fourth-order valence-electron chi connectivity index (χ4n) is 2.38. The summed E-state index contributed by atoms with van der Waals surface area (Å²) in [6.45, 7) is 9.26. The largest absolute Gasteiger partial charge is 0.374 e. The average molecular weight is 361 g/mol.